The molecule has 0 bridgehead atoms. The fraction of sp³-hybridized carbons (Fsp3) is 0.480. The van der Waals surface area contributed by atoms with Crippen molar-refractivity contribution in [2.75, 3.05) is 47.5 Å². The lowest BCUT2D eigenvalue weighted by Crippen LogP contribution is -2.38. The highest BCUT2D eigenvalue weighted by atomic mass is 127. The molecule has 184 valence electrons. The van der Waals surface area contributed by atoms with Crippen molar-refractivity contribution in [3.8, 4) is 17.2 Å². The third-order valence-electron chi connectivity index (χ3n) is 4.86. The van der Waals surface area contributed by atoms with E-state index in [0.717, 1.165) is 34.9 Å². The van der Waals surface area contributed by atoms with Crippen LogP contribution < -0.4 is 24.8 Å². The van der Waals surface area contributed by atoms with E-state index in [1.165, 1.54) is 0 Å². The molecule has 0 aliphatic carbocycles. The molecule has 0 radical (unpaired) electrons. The smallest absolute Gasteiger partial charge is 0.191 e. The number of benzene rings is 2. The molecule has 0 aromatic heterocycles. The first-order valence-corrected chi connectivity index (χ1v) is 11.2. The number of hydrogen-bond acceptors (Lipinski definition) is 5. The van der Waals surface area contributed by atoms with Crippen molar-refractivity contribution in [3.05, 3.63) is 53.6 Å². The zero-order chi connectivity index (χ0) is 23.3. The van der Waals surface area contributed by atoms with E-state index >= 15 is 0 Å². The highest BCUT2D eigenvalue weighted by Gasteiger charge is 2.13. The van der Waals surface area contributed by atoms with Gasteiger partial charge in [0.05, 0.1) is 19.3 Å². The maximum absolute atomic E-state index is 5.96. The molecule has 0 spiro atoms. The van der Waals surface area contributed by atoms with Crippen LogP contribution in [0.1, 0.15) is 37.9 Å². The molecule has 2 aromatic carbocycles. The predicted molar refractivity (Wildman–Crippen MR) is 146 cm³/mol. The van der Waals surface area contributed by atoms with Gasteiger partial charge in [0.25, 0.3) is 0 Å². The molecule has 33 heavy (non-hydrogen) atoms. The second-order valence-electron chi connectivity index (χ2n) is 7.62. The number of likely N-dealkylation sites (N-methyl/N-ethyl adjacent to an activating group) is 1. The summed E-state index contributed by atoms with van der Waals surface area (Å²) in [5.41, 5.74) is 2.17. The van der Waals surface area contributed by atoms with E-state index in [1.54, 1.807) is 7.05 Å². The Morgan fingerprint density at radius 1 is 0.970 bits per heavy atom. The molecular formula is C25H39IN4O3. The highest BCUT2D eigenvalue weighted by molar-refractivity contribution is 14.0. The third-order valence-corrected chi connectivity index (χ3v) is 4.86. The summed E-state index contributed by atoms with van der Waals surface area (Å²) in [5.74, 6) is 3.12. The molecule has 2 rings (SSSR count). The van der Waals surface area contributed by atoms with Crippen molar-refractivity contribution >= 4 is 29.9 Å². The van der Waals surface area contributed by atoms with Gasteiger partial charge in [-0.05, 0) is 58.6 Å². The Morgan fingerprint density at radius 3 is 2.33 bits per heavy atom. The lowest BCUT2D eigenvalue weighted by molar-refractivity contribution is 0.259. The number of nitrogens with zero attached hydrogens (tertiary/aromatic N) is 2. The summed E-state index contributed by atoms with van der Waals surface area (Å²) in [7, 11) is 5.84. The summed E-state index contributed by atoms with van der Waals surface area (Å²) >= 11 is 0. The molecule has 2 N–H and O–H groups in total. The molecule has 1 unspecified atom stereocenters. The average molecular weight is 571 g/mol. The average Bonchev–Trinajstić information content (AvgIpc) is 2.78. The van der Waals surface area contributed by atoms with Crippen LogP contribution in [0.3, 0.4) is 0 Å². The maximum atomic E-state index is 5.96. The van der Waals surface area contributed by atoms with E-state index in [1.807, 2.05) is 64.3 Å². The predicted octanol–water partition coefficient (Wildman–Crippen LogP) is 4.47. The summed E-state index contributed by atoms with van der Waals surface area (Å²) in [4.78, 5) is 6.48. The standard InChI is InChI=1S/C25H38N4O3.HI/c1-7-30-23-14-13-20(17-24(23)31-8-2)19(3)28-25(26-4)27-18-21-11-9-10-12-22(21)32-16-15-29(5)6;/h9-14,17,19H,7-8,15-16,18H2,1-6H3,(H2,26,27,28);1H. The zero-order valence-corrected chi connectivity index (χ0v) is 23.0. The molecule has 0 saturated heterocycles. The number of nitrogens with one attached hydrogen (secondary N) is 2. The molecular weight excluding hydrogens is 531 g/mol. The normalized spacial score (nSPS) is 12.0. The fourth-order valence-electron chi connectivity index (χ4n) is 3.13. The van der Waals surface area contributed by atoms with E-state index in [4.69, 9.17) is 14.2 Å². The first kappa shape index (κ1) is 28.8. The second-order valence-corrected chi connectivity index (χ2v) is 7.62. The topological polar surface area (TPSA) is 67.3 Å². The Hall–Kier alpha value is -2.20. The van der Waals surface area contributed by atoms with Crippen LogP contribution in [0.5, 0.6) is 17.2 Å². The van der Waals surface area contributed by atoms with E-state index in [9.17, 15) is 0 Å². The summed E-state index contributed by atoms with van der Waals surface area (Å²) in [6, 6.07) is 14.1. The van der Waals surface area contributed by atoms with Gasteiger partial charge in [0.15, 0.2) is 17.5 Å². The number of ether oxygens (including phenoxy) is 3. The van der Waals surface area contributed by atoms with Gasteiger partial charge >= 0.3 is 0 Å². The Kier molecular flexibility index (Phi) is 13.6. The third kappa shape index (κ3) is 9.67. The van der Waals surface area contributed by atoms with Crippen LogP contribution in [0.25, 0.3) is 0 Å². The number of guanidine groups is 1. The van der Waals surface area contributed by atoms with Crippen LogP contribution in [-0.2, 0) is 6.54 Å². The van der Waals surface area contributed by atoms with Gasteiger partial charge in [-0.2, -0.15) is 0 Å². The number of rotatable bonds is 12. The van der Waals surface area contributed by atoms with Gasteiger partial charge in [0.2, 0.25) is 0 Å². The number of para-hydroxylation sites is 1. The minimum absolute atomic E-state index is 0. The van der Waals surface area contributed by atoms with Crippen molar-refractivity contribution in [2.24, 2.45) is 4.99 Å². The molecule has 0 saturated carbocycles. The molecule has 1 atom stereocenters. The van der Waals surface area contributed by atoms with Gasteiger partial charge in [0.1, 0.15) is 12.4 Å². The Bertz CT molecular complexity index is 861. The molecule has 2 aromatic rings. The lowest BCUT2D eigenvalue weighted by Gasteiger charge is -2.20. The first-order valence-electron chi connectivity index (χ1n) is 11.2. The van der Waals surface area contributed by atoms with Gasteiger partial charge in [-0.15, -0.1) is 24.0 Å². The fourth-order valence-corrected chi connectivity index (χ4v) is 3.13. The number of aliphatic imine (C=N–C) groups is 1. The van der Waals surface area contributed by atoms with Crippen molar-refractivity contribution in [2.45, 2.75) is 33.4 Å². The highest BCUT2D eigenvalue weighted by Crippen LogP contribution is 2.30. The second kappa shape index (κ2) is 15.6. The van der Waals surface area contributed by atoms with Crippen molar-refractivity contribution in [1.29, 1.82) is 0 Å². The van der Waals surface area contributed by atoms with E-state index in [2.05, 4.69) is 33.5 Å². The summed E-state index contributed by atoms with van der Waals surface area (Å²) in [5, 5.41) is 6.84. The number of hydrogen-bond donors (Lipinski definition) is 2. The molecule has 0 aliphatic heterocycles. The SMILES string of the molecule is CCOc1ccc(C(C)NC(=NC)NCc2ccccc2OCCN(C)C)cc1OCC.I. The minimum Gasteiger partial charge on any atom is -0.492 e. The van der Waals surface area contributed by atoms with Gasteiger partial charge < -0.3 is 29.7 Å². The van der Waals surface area contributed by atoms with Crippen molar-refractivity contribution < 1.29 is 14.2 Å². The quantitative estimate of drug-likeness (QED) is 0.223. The van der Waals surface area contributed by atoms with Crippen LogP contribution in [0.15, 0.2) is 47.5 Å². The molecule has 0 amide bonds. The molecule has 0 fully saturated rings. The molecule has 0 aliphatic rings. The van der Waals surface area contributed by atoms with E-state index in [-0.39, 0.29) is 30.0 Å². The van der Waals surface area contributed by atoms with E-state index < -0.39 is 0 Å². The summed E-state index contributed by atoms with van der Waals surface area (Å²) in [6.45, 7) is 9.35. The monoisotopic (exact) mass is 570 g/mol. The molecule has 0 heterocycles. The van der Waals surface area contributed by atoms with Gasteiger partial charge in [0, 0.05) is 25.7 Å². The van der Waals surface area contributed by atoms with Gasteiger partial charge in [-0.25, -0.2) is 0 Å². The number of halogens is 1. The molecule has 8 heteroatoms. The van der Waals surface area contributed by atoms with Crippen LogP contribution >= 0.6 is 24.0 Å². The van der Waals surface area contributed by atoms with Gasteiger partial charge in [-0.3, -0.25) is 4.99 Å². The maximum Gasteiger partial charge on any atom is 0.191 e. The van der Waals surface area contributed by atoms with Crippen LogP contribution in [-0.4, -0.2) is 58.4 Å². The van der Waals surface area contributed by atoms with Crippen molar-refractivity contribution in [1.82, 2.24) is 15.5 Å². The molecule has 7 nitrogen and oxygen atoms in total. The minimum atomic E-state index is 0. The van der Waals surface area contributed by atoms with Crippen molar-refractivity contribution in [3.63, 3.8) is 0 Å². The van der Waals surface area contributed by atoms with E-state index in [0.29, 0.717) is 32.3 Å². The first-order chi connectivity index (χ1) is 15.5. The van der Waals surface area contributed by atoms with Crippen LogP contribution in [0.2, 0.25) is 0 Å². The summed E-state index contributed by atoms with van der Waals surface area (Å²) < 4.78 is 17.4. The van der Waals surface area contributed by atoms with Gasteiger partial charge in [-0.1, -0.05) is 24.3 Å². The lowest BCUT2D eigenvalue weighted by atomic mass is 10.1. The Balaban J connectivity index is 0.00000544. The van der Waals surface area contributed by atoms with Crippen LogP contribution in [0.4, 0.5) is 0 Å². The summed E-state index contributed by atoms with van der Waals surface area (Å²) in [6.07, 6.45) is 0. The zero-order valence-electron chi connectivity index (χ0n) is 20.7. The Labute approximate surface area is 215 Å². The largest absolute Gasteiger partial charge is 0.492 e. The van der Waals surface area contributed by atoms with Crippen LogP contribution in [0, 0.1) is 0 Å². The Morgan fingerprint density at radius 2 is 1.67 bits per heavy atom.